The minimum atomic E-state index is -0.651. The van der Waals surface area contributed by atoms with Crippen LogP contribution >= 0.6 is 0 Å². The Morgan fingerprint density at radius 2 is 2.16 bits per heavy atom. The van der Waals surface area contributed by atoms with Gasteiger partial charge >= 0.3 is 0 Å². The van der Waals surface area contributed by atoms with E-state index in [4.69, 9.17) is 4.74 Å². The average Bonchev–Trinajstić information content (AvgIpc) is 3.27. The van der Waals surface area contributed by atoms with Crippen LogP contribution in [0.4, 0.5) is 15.9 Å². The zero-order chi connectivity index (χ0) is 22.5. The van der Waals surface area contributed by atoms with Crippen molar-refractivity contribution >= 4 is 28.6 Å². The molecule has 1 atom stereocenters. The first-order valence-corrected chi connectivity index (χ1v) is 10.9. The smallest absolute Gasteiger partial charge is 0.260 e. The minimum Gasteiger partial charge on any atom is -0.482 e. The molecule has 1 unspecified atom stereocenters. The van der Waals surface area contributed by atoms with Gasteiger partial charge in [0.15, 0.2) is 0 Å². The lowest BCUT2D eigenvalue weighted by Crippen LogP contribution is -2.37. The molecule has 2 N–H and O–H groups in total. The number of hydrogen-bond acceptors (Lipinski definition) is 5. The van der Waals surface area contributed by atoms with Gasteiger partial charge in [0.25, 0.3) is 5.91 Å². The number of anilines is 2. The molecule has 0 saturated carbocycles. The van der Waals surface area contributed by atoms with E-state index in [1.54, 1.807) is 6.07 Å². The number of pyridine rings is 1. The van der Waals surface area contributed by atoms with Gasteiger partial charge in [0.1, 0.15) is 23.0 Å². The van der Waals surface area contributed by atoms with Gasteiger partial charge in [-0.25, -0.2) is 9.37 Å². The molecule has 1 amide bonds. The number of aliphatic hydroxyl groups excluding tert-OH is 1. The number of rotatable bonds is 3. The van der Waals surface area contributed by atoms with E-state index in [0.717, 1.165) is 42.9 Å². The van der Waals surface area contributed by atoms with E-state index in [1.807, 2.05) is 38.3 Å². The number of piperidine rings is 1. The second kappa shape index (κ2) is 7.74. The van der Waals surface area contributed by atoms with Crippen molar-refractivity contribution in [1.29, 1.82) is 0 Å². The highest BCUT2D eigenvalue weighted by Gasteiger charge is 2.38. The standard InChI is InChI=1S/C25H26FN3O3/c1-25(2)19(16-5-8-22(27-12-16)29-9-3-4-15(13-29)14-30)11-21(32-25)23-18-7-6-17(26)10-20(18)28-24(23)31/h5-8,10-12,15,30H,3-4,9,13-14H2,1-2H3,(H,28,31)/b23-21+. The number of aliphatic hydroxyl groups is 1. The molecule has 7 heteroatoms. The fourth-order valence-corrected chi connectivity index (χ4v) is 4.76. The van der Waals surface area contributed by atoms with Crippen molar-refractivity contribution in [3.05, 3.63) is 65.3 Å². The molecule has 1 aromatic carbocycles. The van der Waals surface area contributed by atoms with Gasteiger partial charge in [0.05, 0.1) is 11.3 Å². The van der Waals surface area contributed by atoms with E-state index >= 15 is 0 Å². The largest absolute Gasteiger partial charge is 0.482 e. The summed E-state index contributed by atoms with van der Waals surface area (Å²) in [5.41, 5.74) is 2.70. The summed E-state index contributed by atoms with van der Waals surface area (Å²) in [5.74, 6) is 0.959. The van der Waals surface area contributed by atoms with E-state index in [2.05, 4.69) is 15.2 Å². The predicted molar refractivity (Wildman–Crippen MR) is 121 cm³/mol. The van der Waals surface area contributed by atoms with Gasteiger partial charge in [-0.3, -0.25) is 4.79 Å². The molecule has 5 rings (SSSR count). The number of aromatic nitrogens is 1. The lowest BCUT2D eigenvalue weighted by molar-refractivity contribution is -0.111. The molecule has 0 radical (unpaired) electrons. The zero-order valence-corrected chi connectivity index (χ0v) is 18.2. The van der Waals surface area contributed by atoms with Crippen molar-refractivity contribution in [2.45, 2.75) is 32.3 Å². The number of benzene rings is 1. The lowest BCUT2D eigenvalue weighted by Gasteiger charge is -2.32. The quantitative estimate of drug-likeness (QED) is 0.714. The molecular formula is C25H26FN3O3. The summed E-state index contributed by atoms with van der Waals surface area (Å²) in [4.78, 5) is 19.5. The molecule has 0 bridgehead atoms. The molecule has 3 aliphatic rings. The Morgan fingerprint density at radius 1 is 1.31 bits per heavy atom. The third kappa shape index (κ3) is 3.56. The van der Waals surface area contributed by atoms with E-state index in [9.17, 15) is 14.3 Å². The molecule has 1 aromatic heterocycles. The number of allylic oxidation sites excluding steroid dienone is 1. The molecule has 1 saturated heterocycles. The minimum absolute atomic E-state index is 0.202. The summed E-state index contributed by atoms with van der Waals surface area (Å²) >= 11 is 0. The average molecular weight is 435 g/mol. The van der Waals surface area contributed by atoms with Crippen molar-refractivity contribution in [3.8, 4) is 0 Å². The topological polar surface area (TPSA) is 74.7 Å². The van der Waals surface area contributed by atoms with Crippen molar-refractivity contribution in [2.24, 2.45) is 5.92 Å². The molecule has 166 valence electrons. The maximum atomic E-state index is 13.6. The van der Waals surface area contributed by atoms with Gasteiger partial charge < -0.3 is 20.1 Å². The molecule has 2 aromatic rings. The van der Waals surface area contributed by atoms with Gasteiger partial charge in [-0.05, 0) is 69.0 Å². The maximum Gasteiger partial charge on any atom is 0.260 e. The van der Waals surface area contributed by atoms with Crippen LogP contribution in [-0.4, -0.2) is 41.3 Å². The molecule has 1 fully saturated rings. The first kappa shape index (κ1) is 20.7. The number of ether oxygens (including phenoxy) is 1. The summed E-state index contributed by atoms with van der Waals surface area (Å²) in [6.07, 6.45) is 5.81. The van der Waals surface area contributed by atoms with Crippen molar-refractivity contribution in [2.75, 3.05) is 29.9 Å². The predicted octanol–water partition coefficient (Wildman–Crippen LogP) is 3.99. The summed E-state index contributed by atoms with van der Waals surface area (Å²) in [7, 11) is 0. The molecule has 3 aliphatic heterocycles. The maximum absolute atomic E-state index is 13.6. The van der Waals surface area contributed by atoms with Crippen LogP contribution in [0.1, 0.15) is 37.8 Å². The number of fused-ring (bicyclic) bond motifs is 1. The van der Waals surface area contributed by atoms with Crippen LogP contribution in [0.3, 0.4) is 0 Å². The second-order valence-electron chi connectivity index (χ2n) is 9.10. The Balaban J connectivity index is 1.47. The van der Waals surface area contributed by atoms with E-state index in [-0.39, 0.29) is 18.4 Å². The number of nitrogens with zero attached hydrogens (tertiary/aromatic N) is 2. The molecule has 0 spiro atoms. The molecule has 6 nitrogen and oxygen atoms in total. The number of carbonyl (C=O) groups is 1. The summed E-state index contributed by atoms with van der Waals surface area (Å²) in [5, 5.41) is 12.2. The summed E-state index contributed by atoms with van der Waals surface area (Å²) < 4.78 is 19.8. The highest BCUT2D eigenvalue weighted by atomic mass is 19.1. The van der Waals surface area contributed by atoms with Crippen LogP contribution < -0.4 is 10.2 Å². The van der Waals surface area contributed by atoms with E-state index < -0.39 is 11.4 Å². The van der Waals surface area contributed by atoms with E-state index in [1.165, 1.54) is 12.1 Å². The molecule has 4 heterocycles. The number of halogens is 1. The highest BCUT2D eigenvalue weighted by molar-refractivity contribution is 6.32. The fraction of sp³-hybridized carbons (Fsp3) is 0.360. The Bertz CT molecular complexity index is 1140. The van der Waals surface area contributed by atoms with Crippen molar-refractivity contribution in [3.63, 3.8) is 0 Å². The second-order valence-corrected chi connectivity index (χ2v) is 9.10. The van der Waals surface area contributed by atoms with Crippen LogP contribution in [-0.2, 0) is 9.53 Å². The van der Waals surface area contributed by atoms with Gasteiger partial charge in [-0.15, -0.1) is 0 Å². The Hall–Kier alpha value is -3.19. The third-order valence-electron chi connectivity index (χ3n) is 6.42. The van der Waals surface area contributed by atoms with Crippen molar-refractivity contribution < 1.29 is 19.0 Å². The molecule has 32 heavy (non-hydrogen) atoms. The van der Waals surface area contributed by atoms with Crippen LogP contribution in [0.2, 0.25) is 0 Å². The highest BCUT2D eigenvalue weighted by Crippen LogP contribution is 2.44. The van der Waals surface area contributed by atoms with E-state index in [0.29, 0.717) is 22.6 Å². The third-order valence-corrected chi connectivity index (χ3v) is 6.42. The Kier molecular flexibility index (Phi) is 5.01. The van der Waals surface area contributed by atoms with Crippen molar-refractivity contribution in [1.82, 2.24) is 4.98 Å². The van der Waals surface area contributed by atoms with Crippen LogP contribution in [0, 0.1) is 11.7 Å². The number of amides is 1. The normalized spacial score (nSPS) is 24.1. The van der Waals surface area contributed by atoms with Gasteiger partial charge in [0.2, 0.25) is 0 Å². The van der Waals surface area contributed by atoms with Crippen LogP contribution in [0.25, 0.3) is 11.1 Å². The SMILES string of the molecule is CC1(C)O/C(=C2/C(=O)Nc3cc(F)ccc32)C=C1c1ccc(N2CCCC(CO)C2)nc1. The lowest BCUT2D eigenvalue weighted by atomic mass is 9.93. The first-order valence-electron chi connectivity index (χ1n) is 10.9. The number of nitrogens with one attached hydrogen (secondary N) is 1. The number of hydrogen-bond donors (Lipinski definition) is 2. The molecule has 0 aliphatic carbocycles. The fourth-order valence-electron chi connectivity index (χ4n) is 4.76. The zero-order valence-electron chi connectivity index (χ0n) is 18.2. The number of carbonyl (C=O) groups excluding carboxylic acids is 1. The van der Waals surface area contributed by atoms with Gasteiger partial charge in [0, 0.05) is 42.6 Å². The van der Waals surface area contributed by atoms with Gasteiger partial charge in [-0.1, -0.05) is 0 Å². The first-order chi connectivity index (χ1) is 15.4. The summed E-state index contributed by atoms with van der Waals surface area (Å²) in [6.45, 7) is 5.86. The Labute approximate surface area is 186 Å². The van der Waals surface area contributed by atoms with Gasteiger partial charge in [-0.2, -0.15) is 0 Å². The van der Waals surface area contributed by atoms with Crippen LogP contribution in [0.5, 0.6) is 0 Å². The summed E-state index contributed by atoms with van der Waals surface area (Å²) in [6, 6.07) is 8.28. The van der Waals surface area contributed by atoms with Crippen LogP contribution in [0.15, 0.2) is 48.4 Å². The molecular weight excluding hydrogens is 409 g/mol. The monoisotopic (exact) mass is 435 g/mol. The Morgan fingerprint density at radius 3 is 2.91 bits per heavy atom.